The highest BCUT2D eigenvalue weighted by Crippen LogP contribution is 2.38. The number of hydrogen-bond acceptors (Lipinski definition) is 3. The van der Waals surface area contributed by atoms with Crippen LogP contribution in [-0.4, -0.2) is 27.2 Å². The van der Waals surface area contributed by atoms with Crippen LogP contribution in [-0.2, 0) is 4.79 Å². The standard InChI is InChI=1S/C8H15NO2S/c1-5-9-6(4-7(10)11)8(2,3)12-5/h5-6,9H,4H2,1-3H3,(H,10,11)/t5-,6-/m0/s1. The highest BCUT2D eigenvalue weighted by atomic mass is 32.2. The molecule has 0 radical (unpaired) electrons. The minimum Gasteiger partial charge on any atom is -0.481 e. The molecule has 0 aromatic carbocycles. The Kier molecular flexibility index (Phi) is 2.68. The quantitative estimate of drug-likeness (QED) is 0.687. The van der Waals surface area contributed by atoms with Crippen LogP contribution in [0.15, 0.2) is 0 Å². The number of carboxylic acid groups (broad SMARTS) is 1. The van der Waals surface area contributed by atoms with Gasteiger partial charge >= 0.3 is 5.97 Å². The van der Waals surface area contributed by atoms with Crippen molar-refractivity contribution >= 4 is 17.7 Å². The largest absolute Gasteiger partial charge is 0.481 e. The zero-order chi connectivity index (χ0) is 9.35. The minimum absolute atomic E-state index is 0.0395. The lowest BCUT2D eigenvalue weighted by molar-refractivity contribution is -0.137. The molecule has 1 fully saturated rings. The number of aliphatic carboxylic acids is 1. The maximum Gasteiger partial charge on any atom is 0.304 e. The Bertz CT molecular complexity index is 193. The highest BCUT2D eigenvalue weighted by Gasteiger charge is 2.39. The molecule has 0 unspecified atom stereocenters. The molecular weight excluding hydrogens is 174 g/mol. The fourth-order valence-corrected chi connectivity index (χ4v) is 2.99. The van der Waals surface area contributed by atoms with E-state index in [4.69, 9.17) is 5.11 Å². The number of hydrogen-bond donors (Lipinski definition) is 2. The highest BCUT2D eigenvalue weighted by molar-refractivity contribution is 8.01. The van der Waals surface area contributed by atoms with Crippen molar-refractivity contribution in [3.8, 4) is 0 Å². The van der Waals surface area contributed by atoms with Crippen molar-refractivity contribution < 1.29 is 9.90 Å². The van der Waals surface area contributed by atoms with Crippen LogP contribution in [0.1, 0.15) is 27.2 Å². The summed E-state index contributed by atoms with van der Waals surface area (Å²) in [4.78, 5) is 10.5. The lowest BCUT2D eigenvalue weighted by Crippen LogP contribution is -2.39. The van der Waals surface area contributed by atoms with E-state index in [9.17, 15) is 4.79 Å². The van der Waals surface area contributed by atoms with Gasteiger partial charge in [0.1, 0.15) is 0 Å². The zero-order valence-electron chi connectivity index (χ0n) is 7.63. The first-order valence-electron chi connectivity index (χ1n) is 4.07. The van der Waals surface area contributed by atoms with Crippen LogP contribution in [0.2, 0.25) is 0 Å². The summed E-state index contributed by atoms with van der Waals surface area (Å²) in [6.07, 6.45) is 0.213. The average Bonchev–Trinajstić information content (AvgIpc) is 2.04. The number of carboxylic acids is 1. The third-order valence-corrected chi connectivity index (χ3v) is 3.52. The smallest absolute Gasteiger partial charge is 0.304 e. The molecule has 0 bridgehead atoms. The number of rotatable bonds is 2. The molecule has 0 spiro atoms. The maximum atomic E-state index is 10.5. The fraction of sp³-hybridized carbons (Fsp3) is 0.875. The lowest BCUT2D eigenvalue weighted by atomic mass is 10.0. The van der Waals surface area contributed by atoms with E-state index in [0.717, 1.165) is 0 Å². The van der Waals surface area contributed by atoms with Crippen LogP contribution in [0.5, 0.6) is 0 Å². The summed E-state index contributed by atoms with van der Waals surface area (Å²) in [5.74, 6) is -0.727. The molecule has 0 amide bonds. The molecule has 0 aromatic rings. The van der Waals surface area contributed by atoms with E-state index >= 15 is 0 Å². The predicted molar refractivity (Wildman–Crippen MR) is 50.3 cm³/mol. The summed E-state index contributed by atoms with van der Waals surface area (Å²) >= 11 is 1.80. The molecule has 3 nitrogen and oxygen atoms in total. The molecule has 2 N–H and O–H groups in total. The second-order valence-electron chi connectivity index (χ2n) is 3.68. The van der Waals surface area contributed by atoms with E-state index in [1.807, 2.05) is 0 Å². The number of nitrogens with one attached hydrogen (secondary N) is 1. The summed E-state index contributed by atoms with van der Waals surface area (Å²) in [6, 6.07) is 0.0926. The minimum atomic E-state index is -0.727. The van der Waals surface area contributed by atoms with Crippen LogP contribution in [0.25, 0.3) is 0 Å². The van der Waals surface area contributed by atoms with Gasteiger partial charge in [0, 0.05) is 10.8 Å². The topological polar surface area (TPSA) is 49.3 Å². The van der Waals surface area contributed by atoms with Gasteiger partial charge in [-0.25, -0.2) is 0 Å². The van der Waals surface area contributed by atoms with Crippen molar-refractivity contribution in [2.24, 2.45) is 0 Å². The van der Waals surface area contributed by atoms with Gasteiger partial charge in [0.25, 0.3) is 0 Å². The van der Waals surface area contributed by atoms with Crippen LogP contribution in [0.4, 0.5) is 0 Å². The Morgan fingerprint density at radius 2 is 2.25 bits per heavy atom. The normalized spacial score (nSPS) is 33.6. The van der Waals surface area contributed by atoms with Gasteiger partial charge in [0.2, 0.25) is 0 Å². The van der Waals surface area contributed by atoms with Crippen molar-refractivity contribution in [2.75, 3.05) is 0 Å². The fourth-order valence-electron chi connectivity index (χ4n) is 1.54. The second kappa shape index (κ2) is 3.26. The van der Waals surface area contributed by atoms with Crippen molar-refractivity contribution in [3.63, 3.8) is 0 Å². The summed E-state index contributed by atoms with van der Waals surface area (Å²) in [5.41, 5.74) is 0. The molecular formula is C8H15NO2S. The van der Waals surface area contributed by atoms with E-state index in [0.29, 0.717) is 5.37 Å². The summed E-state index contributed by atoms with van der Waals surface area (Å²) in [7, 11) is 0. The van der Waals surface area contributed by atoms with Gasteiger partial charge in [-0.3, -0.25) is 4.79 Å². The summed E-state index contributed by atoms with van der Waals surface area (Å²) < 4.78 is 0.0395. The SMILES string of the molecule is C[C@H]1N[C@@H](CC(=O)O)C(C)(C)S1. The summed E-state index contributed by atoms with van der Waals surface area (Å²) in [5, 5.41) is 12.3. The molecule has 1 saturated heterocycles. The molecule has 1 heterocycles. The van der Waals surface area contributed by atoms with Gasteiger partial charge < -0.3 is 10.4 Å². The first-order valence-corrected chi connectivity index (χ1v) is 4.95. The zero-order valence-corrected chi connectivity index (χ0v) is 8.44. The molecule has 0 aliphatic carbocycles. The molecule has 2 atom stereocenters. The van der Waals surface area contributed by atoms with E-state index < -0.39 is 5.97 Å². The lowest BCUT2D eigenvalue weighted by Gasteiger charge is -2.23. The molecule has 4 heteroatoms. The Morgan fingerprint density at radius 1 is 1.67 bits per heavy atom. The predicted octanol–water partition coefficient (Wildman–Crippen LogP) is 1.29. The van der Waals surface area contributed by atoms with Gasteiger partial charge in [0.15, 0.2) is 0 Å². The Labute approximate surface area is 76.9 Å². The van der Waals surface area contributed by atoms with Crippen molar-refractivity contribution in [3.05, 3.63) is 0 Å². The van der Waals surface area contributed by atoms with Gasteiger partial charge in [-0.1, -0.05) is 0 Å². The number of thioether (sulfide) groups is 1. The van der Waals surface area contributed by atoms with E-state index in [1.165, 1.54) is 0 Å². The van der Waals surface area contributed by atoms with E-state index in [1.54, 1.807) is 11.8 Å². The molecule has 1 aliphatic heterocycles. The molecule has 12 heavy (non-hydrogen) atoms. The van der Waals surface area contributed by atoms with Crippen molar-refractivity contribution in [1.29, 1.82) is 0 Å². The van der Waals surface area contributed by atoms with Gasteiger partial charge in [-0.2, -0.15) is 0 Å². The Hall–Kier alpha value is -0.220. The molecule has 1 rings (SSSR count). The molecule has 0 saturated carbocycles. The van der Waals surface area contributed by atoms with Gasteiger partial charge in [-0.05, 0) is 20.8 Å². The summed E-state index contributed by atoms with van der Waals surface area (Å²) in [6.45, 7) is 6.23. The first kappa shape index (κ1) is 9.86. The monoisotopic (exact) mass is 189 g/mol. The van der Waals surface area contributed by atoms with Crippen LogP contribution < -0.4 is 5.32 Å². The van der Waals surface area contributed by atoms with Crippen molar-refractivity contribution in [1.82, 2.24) is 5.32 Å². The van der Waals surface area contributed by atoms with Crippen LogP contribution >= 0.6 is 11.8 Å². The second-order valence-corrected chi connectivity index (χ2v) is 5.68. The Morgan fingerprint density at radius 3 is 2.58 bits per heavy atom. The maximum absolute atomic E-state index is 10.5. The van der Waals surface area contributed by atoms with Crippen molar-refractivity contribution in [2.45, 2.75) is 43.4 Å². The van der Waals surface area contributed by atoms with Gasteiger partial charge in [0.05, 0.1) is 11.8 Å². The van der Waals surface area contributed by atoms with Crippen LogP contribution in [0.3, 0.4) is 0 Å². The van der Waals surface area contributed by atoms with E-state index in [-0.39, 0.29) is 17.2 Å². The third kappa shape index (κ3) is 2.14. The molecule has 0 aromatic heterocycles. The average molecular weight is 189 g/mol. The van der Waals surface area contributed by atoms with Crippen LogP contribution in [0, 0.1) is 0 Å². The van der Waals surface area contributed by atoms with Gasteiger partial charge in [-0.15, -0.1) is 11.8 Å². The Balaban J connectivity index is 2.59. The first-order chi connectivity index (χ1) is 5.42. The van der Waals surface area contributed by atoms with E-state index in [2.05, 4.69) is 26.1 Å². The third-order valence-electron chi connectivity index (χ3n) is 2.13. The molecule has 1 aliphatic rings. The molecule has 70 valence electrons. The number of carbonyl (C=O) groups is 1.